The lowest BCUT2D eigenvalue weighted by atomic mass is 10.0. The predicted octanol–water partition coefficient (Wildman–Crippen LogP) is 1.28. The Bertz CT molecular complexity index is 357. The van der Waals surface area contributed by atoms with Crippen LogP contribution in [0.15, 0.2) is 0 Å². The molecule has 1 N–H and O–H groups in total. The first-order valence-corrected chi connectivity index (χ1v) is 8.74. The Balaban J connectivity index is 2.58. The fourth-order valence-corrected chi connectivity index (χ4v) is 4.39. The quantitative estimate of drug-likeness (QED) is 0.686. The van der Waals surface area contributed by atoms with Gasteiger partial charge in [0.05, 0.1) is 0 Å². The predicted molar refractivity (Wildman–Crippen MR) is 79.3 cm³/mol. The highest BCUT2D eigenvalue weighted by molar-refractivity contribution is 7.86. The maximum atomic E-state index is 12.5. The molecule has 0 amide bonds. The van der Waals surface area contributed by atoms with Crippen LogP contribution in [0, 0.1) is 5.92 Å². The largest absolute Gasteiger partial charge is 0.317 e. The lowest BCUT2D eigenvalue weighted by Gasteiger charge is -2.30. The molecule has 1 heterocycles. The Kier molecular flexibility index (Phi) is 6.73. The van der Waals surface area contributed by atoms with Crippen LogP contribution in [0.25, 0.3) is 0 Å². The van der Waals surface area contributed by atoms with Gasteiger partial charge in [0.25, 0.3) is 10.2 Å². The normalized spacial score (nSPS) is 21.7. The van der Waals surface area contributed by atoms with Crippen molar-refractivity contribution < 1.29 is 8.42 Å². The van der Waals surface area contributed by atoms with Gasteiger partial charge in [-0.1, -0.05) is 20.8 Å². The fourth-order valence-electron chi connectivity index (χ4n) is 2.62. The molecule has 1 rings (SSSR count). The van der Waals surface area contributed by atoms with Gasteiger partial charge < -0.3 is 5.32 Å². The highest BCUT2D eigenvalue weighted by Gasteiger charge is 2.37. The standard InChI is InChI=1S/C13H29N3O2S/c1-5-14-9-7-10-15(4)19(17,18)16-11-6-8-13(16)12(2)3/h12-14H,5-11H2,1-4H3. The van der Waals surface area contributed by atoms with E-state index in [0.29, 0.717) is 19.0 Å². The Morgan fingerprint density at radius 1 is 1.42 bits per heavy atom. The summed E-state index contributed by atoms with van der Waals surface area (Å²) in [6.07, 6.45) is 2.82. The maximum Gasteiger partial charge on any atom is 0.281 e. The molecule has 1 aliphatic heterocycles. The van der Waals surface area contributed by atoms with Crippen molar-refractivity contribution in [1.82, 2.24) is 13.9 Å². The van der Waals surface area contributed by atoms with Crippen molar-refractivity contribution in [3.63, 3.8) is 0 Å². The second-order valence-electron chi connectivity index (χ2n) is 5.60. The molecule has 1 atom stereocenters. The van der Waals surface area contributed by atoms with Gasteiger partial charge in [-0.15, -0.1) is 0 Å². The molecule has 114 valence electrons. The number of hydrogen-bond donors (Lipinski definition) is 1. The molecule has 1 fully saturated rings. The fraction of sp³-hybridized carbons (Fsp3) is 1.00. The minimum atomic E-state index is -3.28. The van der Waals surface area contributed by atoms with E-state index in [1.165, 1.54) is 4.31 Å². The number of nitrogens with zero attached hydrogens (tertiary/aromatic N) is 2. The molecule has 0 aromatic rings. The summed E-state index contributed by atoms with van der Waals surface area (Å²) in [5, 5.41) is 3.22. The molecule has 0 aromatic carbocycles. The van der Waals surface area contributed by atoms with Crippen molar-refractivity contribution in [1.29, 1.82) is 0 Å². The third kappa shape index (κ3) is 4.41. The lowest BCUT2D eigenvalue weighted by molar-refractivity contribution is 0.291. The number of hydrogen-bond acceptors (Lipinski definition) is 3. The molecule has 0 radical (unpaired) electrons. The van der Waals surface area contributed by atoms with Crippen molar-refractivity contribution >= 4 is 10.2 Å². The molecule has 5 nitrogen and oxygen atoms in total. The van der Waals surface area contributed by atoms with Crippen LogP contribution in [0.5, 0.6) is 0 Å². The second kappa shape index (κ2) is 7.57. The van der Waals surface area contributed by atoms with Gasteiger partial charge in [-0.3, -0.25) is 0 Å². The van der Waals surface area contributed by atoms with Crippen LogP contribution in [-0.4, -0.2) is 56.3 Å². The third-order valence-electron chi connectivity index (χ3n) is 3.78. The summed E-state index contributed by atoms with van der Waals surface area (Å²) in [6, 6.07) is 0.168. The molecule has 19 heavy (non-hydrogen) atoms. The SMILES string of the molecule is CCNCCCN(C)S(=O)(=O)N1CCCC1C(C)C. The zero-order valence-corrected chi connectivity index (χ0v) is 13.5. The van der Waals surface area contributed by atoms with Crippen LogP contribution >= 0.6 is 0 Å². The van der Waals surface area contributed by atoms with Gasteiger partial charge >= 0.3 is 0 Å². The zero-order chi connectivity index (χ0) is 14.5. The van der Waals surface area contributed by atoms with Crippen molar-refractivity contribution in [3.05, 3.63) is 0 Å². The van der Waals surface area contributed by atoms with E-state index >= 15 is 0 Å². The molecule has 0 aliphatic carbocycles. The van der Waals surface area contributed by atoms with Crippen LogP contribution in [0.3, 0.4) is 0 Å². The molecule has 6 heteroatoms. The zero-order valence-electron chi connectivity index (χ0n) is 12.7. The van der Waals surface area contributed by atoms with E-state index in [1.807, 2.05) is 0 Å². The lowest BCUT2D eigenvalue weighted by Crippen LogP contribution is -2.46. The summed E-state index contributed by atoms with van der Waals surface area (Å²) in [5.41, 5.74) is 0. The summed E-state index contributed by atoms with van der Waals surface area (Å²) in [7, 11) is -1.59. The Morgan fingerprint density at radius 3 is 2.68 bits per heavy atom. The van der Waals surface area contributed by atoms with Crippen molar-refractivity contribution in [2.45, 2.75) is 46.1 Å². The van der Waals surface area contributed by atoms with E-state index in [9.17, 15) is 8.42 Å². The summed E-state index contributed by atoms with van der Waals surface area (Å²) in [5.74, 6) is 0.382. The van der Waals surface area contributed by atoms with Gasteiger partial charge in [-0.05, 0) is 38.3 Å². The first-order valence-electron chi connectivity index (χ1n) is 7.35. The minimum Gasteiger partial charge on any atom is -0.317 e. The Hall–Kier alpha value is -0.170. The maximum absolute atomic E-state index is 12.5. The first kappa shape index (κ1) is 16.9. The van der Waals surface area contributed by atoms with E-state index in [-0.39, 0.29) is 6.04 Å². The van der Waals surface area contributed by atoms with Crippen LogP contribution in [0.1, 0.15) is 40.0 Å². The van der Waals surface area contributed by atoms with Crippen molar-refractivity contribution in [3.8, 4) is 0 Å². The number of rotatable bonds is 8. The Labute approximate surface area is 118 Å². The molecule has 0 saturated carbocycles. The summed E-state index contributed by atoms with van der Waals surface area (Å²) in [6.45, 7) is 9.30. The molecular formula is C13H29N3O2S. The molecule has 1 unspecified atom stereocenters. The van der Waals surface area contributed by atoms with Gasteiger partial charge in [0.1, 0.15) is 0 Å². The van der Waals surface area contributed by atoms with E-state index in [1.54, 1.807) is 11.4 Å². The van der Waals surface area contributed by atoms with Crippen molar-refractivity contribution in [2.24, 2.45) is 5.92 Å². The van der Waals surface area contributed by atoms with E-state index in [0.717, 1.165) is 32.4 Å². The van der Waals surface area contributed by atoms with Crippen molar-refractivity contribution in [2.75, 3.05) is 33.2 Å². The molecule has 1 saturated heterocycles. The minimum absolute atomic E-state index is 0.168. The van der Waals surface area contributed by atoms with Gasteiger partial charge in [0, 0.05) is 26.2 Å². The monoisotopic (exact) mass is 291 g/mol. The molecular weight excluding hydrogens is 262 g/mol. The second-order valence-corrected chi connectivity index (χ2v) is 7.59. The van der Waals surface area contributed by atoms with Crippen LogP contribution in [-0.2, 0) is 10.2 Å². The van der Waals surface area contributed by atoms with E-state index in [2.05, 4.69) is 26.1 Å². The van der Waals surface area contributed by atoms with Gasteiger partial charge in [0.2, 0.25) is 0 Å². The van der Waals surface area contributed by atoms with Crippen LogP contribution < -0.4 is 5.32 Å². The highest BCUT2D eigenvalue weighted by Crippen LogP contribution is 2.27. The molecule has 0 aromatic heterocycles. The van der Waals surface area contributed by atoms with E-state index < -0.39 is 10.2 Å². The molecule has 1 aliphatic rings. The molecule has 0 bridgehead atoms. The topological polar surface area (TPSA) is 52.7 Å². The molecule has 0 spiro atoms. The number of nitrogens with one attached hydrogen (secondary N) is 1. The average molecular weight is 291 g/mol. The Morgan fingerprint density at radius 2 is 2.11 bits per heavy atom. The van der Waals surface area contributed by atoms with Gasteiger partial charge in [-0.2, -0.15) is 17.0 Å². The van der Waals surface area contributed by atoms with Crippen LogP contribution in [0.4, 0.5) is 0 Å². The van der Waals surface area contributed by atoms with Gasteiger partial charge in [0.15, 0.2) is 0 Å². The third-order valence-corrected chi connectivity index (χ3v) is 5.80. The average Bonchev–Trinajstić information content (AvgIpc) is 2.84. The highest BCUT2D eigenvalue weighted by atomic mass is 32.2. The summed E-state index contributed by atoms with van der Waals surface area (Å²) >= 11 is 0. The summed E-state index contributed by atoms with van der Waals surface area (Å²) in [4.78, 5) is 0. The smallest absolute Gasteiger partial charge is 0.281 e. The summed E-state index contributed by atoms with van der Waals surface area (Å²) < 4.78 is 28.3. The van der Waals surface area contributed by atoms with E-state index in [4.69, 9.17) is 0 Å². The first-order chi connectivity index (χ1) is 8.91. The van der Waals surface area contributed by atoms with Crippen LogP contribution in [0.2, 0.25) is 0 Å². The van der Waals surface area contributed by atoms with Gasteiger partial charge in [-0.25, -0.2) is 0 Å².